The molecule has 0 aliphatic rings. The molecule has 98 valence electrons. The molecule has 18 heavy (non-hydrogen) atoms. The summed E-state index contributed by atoms with van der Waals surface area (Å²) in [7, 11) is 1.36. The maximum absolute atomic E-state index is 11.0. The molecule has 2 N–H and O–H groups in total. The van der Waals surface area contributed by atoms with Crippen molar-refractivity contribution in [3.63, 3.8) is 0 Å². The Bertz CT molecular complexity index is 461. The molecule has 0 saturated heterocycles. The highest BCUT2D eigenvalue weighted by molar-refractivity contribution is 5.80. The quantitative estimate of drug-likeness (QED) is 0.588. The van der Waals surface area contributed by atoms with Crippen LogP contribution in [0.2, 0.25) is 0 Å². The smallest absolute Gasteiger partial charge is 0.328 e. The Labute approximate surface area is 104 Å². The number of aryl methyl sites for hydroxylation is 1. The number of rotatable bonds is 6. The highest BCUT2D eigenvalue weighted by Crippen LogP contribution is 2.28. The number of carboxylic acids is 1. The summed E-state index contributed by atoms with van der Waals surface area (Å²) in [6.45, 7) is 1.59. The number of methoxy groups -OCH3 is 1. The molecule has 1 rings (SSSR count). The number of hydrogen-bond donors (Lipinski definition) is 2. The van der Waals surface area contributed by atoms with E-state index in [1.807, 2.05) is 0 Å². The number of benzene rings is 1. The summed E-state index contributed by atoms with van der Waals surface area (Å²) in [5.74, 6) is -1.13. The third kappa shape index (κ3) is 3.17. The van der Waals surface area contributed by atoms with Gasteiger partial charge < -0.3 is 15.2 Å². The highest BCUT2D eigenvalue weighted by Gasteiger charge is 2.23. The van der Waals surface area contributed by atoms with Crippen molar-refractivity contribution in [2.24, 2.45) is 0 Å². The van der Waals surface area contributed by atoms with E-state index in [1.54, 1.807) is 19.1 Å². The highest BCUT2D eigenvalue weighted by atomic mass is 16.6. The summed E-state index contributed by atoms with van der Waals surface area (Å²) < 4.78 is 4.76. The molecule has 0 spiro atoms. The summed E-state index contributed by atoms with van der Waals surface area (Å²) in [6, 6.07) is 3.50. The lowest BCUT2D eigenvalue weighted by Crippen LogP contribution is -2.34. The first kappa shape index (κ1) is 13.9. The van der Waals surface area contributed by atoms with Gasteiger partial charge in [0.05, 0.1) is 11.5 Å². The van der Waals surface area contributed by atoms with E-state index in [2.05, 4.69) is 5.32 Å². The Balaban J connectivity index is 3.08. The predicted molar refractivity (Wildman–Crippen MR) is 64.8 cm³/mol. The second kappa shape index (κ2) is 5.97. The van der Waals surface area contributed by atoms with Crippen LogP contribution in [0.15, 0.2) is 18.2 Å². The molecule has 0 fully saturated rings. The fourth-order valence-corrected chi connectivity index (χ4v) is 1.51. The fourth-order valence-electron chi connectivity index (χ4n) is 1.51. The Morgan fingerprint density at radius 2 is 2.28 bits per heavy atom. The van der Waals surface area contributed by atoms with Crippen molar-refractivity contribution in [3.8, 4) is 0 Å². The maximum Gasteiger partial charge on any atom is 0.328 e. The summed E-state index contributed by atoms with van der Waals surface area (Å²) in [6.07, 6.45) is 0. The largest absolute Gasteiger partial charge is 0.480 e. The number of carboxylic acid groups (broad SMARTS) is 1. The summed E-state index contributed by atoms with van der Waals surface area (Å²) >= 11 is 0. The van der Waals surface area contributed by atoms with E-state index in [4.69, 9.17) is 9.84 Å². The molecule has 0 saturated carbocycles. The molecule has 1 aromatic carbocycles. The molecule has 0 heterocycles. The minimum atomic E-state index is -1.13. The van der Waals surface area contributed by atoms with Crippen LogP contribution in [0.5, 0.6) is 0 Å². The van der Waals surface area contributed by atoms with Crippen molar-refractivity contribution in [2.75, 3.05) is 19.0 Å². The molecule has 1 atom stereocenters. The van der Waals surface area contributed by atoms with Gasteiger partial charge in [-0.3, -0.25) is 10.1 Å². The zero-order chi connectivity index (χ0) is 13.7. The molecule has 0 amide bonds. The number of aliphatic carboxylic acids is 1. The lowest BCUT2D eigenvalue weighted by Gasteiger charge is -2.16. The molecule has 1 unspecified atom stereocenters. The monoisotopic (exact) mass is 254 g/mol. The number of carbonyl (C=O) groups is 1. The third-order valence-corrected chi connectivity index (χ3v) is 2.40. The Morgan fingerprint density at radius 1 is 1.61 bits per heavy atom. The van der Waals surface area contributed by atoms with E-state index in [9.17, 15) is 14.9 Å². The van der Waals surface area contributed by atoms with Gasteiger partial charge in [0.25, 0.3) is 5.69 Å². The van der Waals surface area contributed by atoms with Gasteiger partial charge in [-0.25, -0.2) is 4.79 Å². The standard InChI is InChI=1S/C11H14N2O5/c1-7-4-3-5-9(13(16)17)10(7)12-8(6-18-2)11(14)15/h3-5,8,12H,6H2,1-2H3,(H,14,15). The molecular formula is C11H14N2O5. The van der Waals surface area contributed by atoms with Gasteiger partial charge in [-0.15, -0.1) is 0 Å². The average Bonchev–Trinajstić information content (AvgIpc) is 2.30. The second-order valence-electron chi connectivity index (χ2n) is 3.72. The molecule has 0 bridgehead atoms. The van der Waals surface area contributed by atoms with Crippen molar-refractivity contribution in [1.29, 1.82) is 0 Å². The Hall–Kier alpha value is -2.15. The van der Waals surface area contributed by atoms with E-state index in [1.165, 1.54) is 13.2 Å². The number of nitro benzene ring substituents is 1. The van der Waals surface area contributed by atoms with Crippen molar-refractivity contribution < 1.29 is 19.6 Å². The maximum atomic E-state index is 11.0. The van der Waals surface area contributed by atoms with Gasteiger partial charge in [-0.1, -0.05) is 12.1 Å². The predicted octanol–water partition coefficient (Wildman–Crippen LogP) is 1.41. The average molecular weight is 254 g/mol. The lowest BCUT2D eigenvalue weighted by molar-refractivity contribution is -0.384. The molecule has 7 heteroatoms. The van der Waals surface area contributed by atoms with Crippen molar-refractivity contribution in [1.82, 2.24) is 0 Å². The van der Waals surface area contributed by atoms with Gasteiger partial charge in [0, 0.05) is 13.2 Å². The molecule has 0 radical (unpaired) electrons. The Kier molecular flexibility index (Phi) is 4.61. The molecular weight excluding hydrogens is 240 g/mol. The van der Waals surface area contributed by atoms with Gasteiger partial charge >= 0.3 is 5.97 Å². The van der Waals surface area contributed by atoms with Crippen LogP contribution in [0.25, 0.3) is 0 Å². The topological polar surface area (TPSA) is 102 Å². The van der Waals surface area contributed by atoms with Crippen LogP contribution in [-0.2, 0) is 9.53 Å². The molecule has 0 aromatic heterocycles. The van der Waals surface area contributed by atoms with Crippen LogP contribution in [0.4, 0.5) is 11.4 Å². The van der Waals surface area contributed by atoms with E-state index in [-0.39, 0.29) is 18.0 Å². The number of hydrogen-bond acceptors (Lipinski definition) is 5. The first-order chi connectivity index (χ1) is 8.47. The van der Waals surface area contributed by atoms with E-state index in [0.29, 0.717) is 5.56 Å². The number of ether oxygens (including phenoxy) is 1. The molecule has 0 aliphatic heterocycles. The first-order valence-electron chi connectivity index (χ1n) is 5.19. The minimum Gasteiger partial charge on any atom is -0.480 e. The lowest BCUT2D eigenvalue weighted by atomic mass is 10.1. The molecule has 7 nitrogen and oxygen atoms in total. The van der Waals surface area contributed by atoms with Crippen LogP contribution >= 0.6 is 0 Å². The number of nitro groups is 1. The number of para-hydroxylation sites is 1. The minimum absolute atomic E-state index is 0.0825. The second-order valence-corrected chi connectivity index (χ2v) is 3.72. The van der Waals surface area contributed by atoms with Gasteiger partial charge in [0.15, 0.2) is 0 Å². The van der Waals surface area contributed by atoms with Crippen LogP contribution in [0.1, 0.15) is 5.56 Å². The summed E-state index contributed by atoms with van der Waals surface area (Å²) in [5.41, 5.74) is 0.649. The van der Waals surface area contributed by atoms with Gasteiger partial charge in [0.1, 0.15) is 11.7 Å². The number of nitrogens with one attached hydrogen (secondary N) is 1. The Morgan fingerprint density at radius 3 is 2.78 bits per heavy atom. The van der Waals surface area contributed by atoms with Crippen molar-refractivity contribution in [2.45, 2.75) is 13.0 Å². The molecule has 1 aromatic rings. The normalized spacial score (nSPS) is 11.9. The van der Waals surface area contributed by atoms with Crippen molar-refractivity contribution >= 4 is 17.3 Å². The first-order valence-corrected chi connectivity index (χ1v) is 5.19. The molecule has 0 aliphatic carbocycles. The van der Waals surface area contributed by atoms with E-state index in [0.717, 1.165) is 0 Å². The van der Waals surface area contributed by atoms with Gasteiger partial charge in [-0.05, 0) is 12.5 Å². The fraction of sp³-hybridized carbons (Fsp3) is 0.364. The zero-order valence-electron chi connectivity index (χ0n) is 10.0. The van der Waals surface area contributed by atoms with Crippen LogP contribution in [0.3, 0.4) is 0 Å². The van der Waals surface area contributed by atoms with Crippen LogP contribution in [0, 0.1) is 17.0 Å². The van der Waals surface area contributed by atoms with Gasteiger partial charge in [-0.2, -0.15) is 0 Å². The van der Waals surface area contributed by atoms with Gasteiger partial charge in [0.2, 0.25) is 0 Å². The van der Waals surface area contributed by atoms with Crippen molar-refractivity contribution in [3.05, 3.63) is 33.9 Å². The zero-order valence-corrected chi connectivity index (χ0v) is 10.0. The summed E-state index contributed by atoms with van der Waals surface area (Å²) in [4.78, 5) is 21.3. The van der Waals surface area contributed by atoms with E-state index >= 15 is 0 Å². The van der Waals surface area contributed by atoms with Crippen LogP contribution < -0.4 is 5.32 Å². The van der Waals surface area contributed by atoms with E-state index < -0.39 is 16.9 Å². The van der Waals surface area contributed by atoms with Crippen LogP contribution in [-0.4, -0.2) is 35.8 Å². The number of anilines is 1. The number of nitrogens with zero attached hydrogens (tertiary/aromatic N) is 1. The SMILES string of the molecule is COCC(Nc1c(C)cccc1[N+](=O)[O-])C(=O)O. The third-order valence-electron chi connectivity index (χ3n) is 2.40. The summed E-state index contributed by atoms with van der Waals surface area (Å²) in [5, 5.41) is 22.5.